The lowest BCUT2D eigenvalue weighted by Gasteiger charge is -2.28. The van der Waals surface area contributed by atoms with Crippen LogP contribution in [-0.4, -0.2) is 32.3 Å². The zero-order valence-corrected chi connectivity index (χ0v) is 13.4. The summed E-state index contributed by atoms with van der Waals surface area (Å²) in [4.78, 5) is 0. The summed E-state index contributed by atoms with van der Waals surface area (Å²) in [5, 5.41) is 6.93. The molecule has 0 saturated carbocycles. The van der Waals surface area contributed by atoms with Gasteiger partial charge in [-0.1, -0.05) is 51.1 Å². The molecule has 0 radical (unpaired) electrons. The third-order valence-corrected chi connectivity index (χ3v) is 3.59. The van der Waals surface area contributed by atoms with E-state index in [1.54, 1.807) is 0 Å². The van der Waals surface area contributed by atoms with Gasteiger partial charge < -0.3 is 15.4 Å². The fourth-order valence-electron chi connectivity index (χ4n) is 1.72. The molecule has 0 heterocycles. The first-order chi connectivity index (χ1) is 9.50. The second-order valence-electron chi connectivity index (χ2n) is 6.33. The van der Waals surface area contributed by atoms with Crippen molar-refractivity contribution in [2.45, 2.75) is 40.3 Å². The fraction of sp³-hybridized carbons (Fsp3) is 0.647. The predicted molar refractivity (Wildman–Crippen MR) is 85.9 cm³/mol. The second-order valence-corrected chi connectivity index (χ2v) is 6.33. The Hall–Kier alpha value is -0.900. The third-order valence-electron chi connectivity index (χ3n) is 3.59. The smallest absolute Gasteiger partial charge is 0.0717 e. The van der Waals surface area contributed by atoms with Crippen molar-refractivity contribution in [2.75, 3.05) is 26.2 Å². The molecule has 1 rings (SSSR count). The molecule has 1 aromatic rings. The molecule has 0 spiro atoms. The van der Waals surface area contributed by atoms with Crippen LogP contribution < -0.4 is 10.6 Å². The zero-order valence-electron chi connectivity index (χ0n) is 13.4. The highest BCUT2D eigenvalue weighted by atomic mass is 16.5. The summed E-state index contributed by atoms with van der Waals surface area (Å²) in [5.74, 6) is 0. The molecule has 0 aromatic heterocycles. The molecule has 1 aromatic carbocycles. The van der Waals surface area contributed by atoms with Crippen LogP contribution in [0.25, 0.3) is 0 Å². The molecule has 3 heteroatoms. The van der Waals surface area contributed by atoms with Crippen LogP contribution in [0.1, 0.15) is 33.3 Å². The Kier molecular flexibility index (Phi) is 7.82. The monoisotopic (exact) mass is 278 g/mol. The minimum absolute atomic E-state index is 0.318. The number of hydrogen-bond acceptors (Lipinski definition) is 3. The van der Waals surface area contributed by atoms with Gasteiger partial charge >= 0.3 is 0 Å². The Balaban J connectivity index is 1.93. The van der Waals surface area contributed by atoms with Crippen LogP contribution in [0.3, 0.4) is 0 Å². The van der Waals surface area contributed by atoms with Crippen molar-refractivity contribution in [2.24, 2.45) is 5.41 Å². The minimum Gasteiger partial charge on any atom is -0.375 e. The van der Waals surface area contributed by atoms with Gasteiger partial charge in [0.05, 0.1) is 13.2 Å². The van der Waals surface area contributed by atoms with E-state index in [1.807, 2.05) is 18.2 Å². The Morgan fingerprint density at radius 3 is 2.40 bits per heavy atom. The van der Waals surface area contributed by atoms with E-state index in [-0.39, 0.29) is 0 Å². The molecule has 0 unspecified atom stereocenters. The summed E-state index contributed by atoms with van der Waals surface area (Å²) in [5.41, 5.74) is 1.55. The number of ether oxygens (including phenoxy) is 1. The van der Waals surface area contributed by atoms with Gasteiger partial charge in [0.15, 0.2) is 0 Å². The van der Waals surface area contributed by atoms with Crippen molar-refractivity contribution >= 4 is 0 Å². The van der Waals surface area contributed by atoms with Gasteiger partial charge in [-0.15, -0.1) is 0 Å². The van der Waals surface area contributed by atoms with E-state index in [0.29, 0.717) is 18.1 Å². The van der Waals surface area contributed by atoms with E-state index in [2.05, 4.69) is 50.5 Å². The van der Waals surface area contributed by atoms with Crippen LogP contribution in [0.4, 0.5) is 0 Å². The van der Waals surface area contributed by atoms with Gasteiger partial charge in [-0.2, -0.15) is 0 Å². The topological polar surface area (TPSA) is 33.3 Å². The standard InChI is InChI=1S/C17H30N2O/c1-15(17(2,3)4)19-11-10-18-12-13-20-14-16-8-6-5-7-9-16/h5-9,15,18-19H,10-14H2,1-4H3/t15-/m1/s1. The van der Waals surface area contributed by atoms with Gasteiger partial charge in [-0.3, -0.25) is 0 Å². The van der Waals surface area contributed by atoms with Gasteiger partial charge in [0.25, 0.3) is 0 Å². The first kappa shape index (κ1) is 17.2. The van der Waals surface area contributed by atoms with Crippen LogP contribution in [0, 0.1) is 5.41 Å². The van der Waals surface area contributed by atoms with E-state index in [9.17, 15) is 0 Å². The van der Waals surface area contributed by atoms with Crippen LogP contribution in [0.2, 0.25) is 0 Å². The molecular formula is C17H30N2O. The van der Waals surface area contributed by atoms with Crippen molar-refractivity contribution in [3.05, 3.63) is 35.9 Å². The Morgan fingerprint density at radius 2 is 1.75 bits per heavy atom. The maximum Gasteiger partial charge on any atom is 0.0717 e. The molecule has 2 N–H and O–H groups in total. The Morgan fingerprint density at radius 1 is 1.05 bits per heavy atom. The molecule has 0 bridgehead atoms. The average Bonchev–Trinajstić information content (AvgIpc) is 2.41. The first-order valence-electron chi connectivity index (χ1n) is 7.56. The Bertz CT molecular complexity index is 346. The molecule has 0 fully saturated rings. The number of rotatable bonds is 9. The highest BCUT2D eigenvalue weighted by Crippen LogP contribution is 2.17. The summed E-state index contributed by atoms with van der Waals surface area (Å²) in [6.07, 6.45) is 0. The first-order valence-corrected chi connectivity index (χ1v) is 7.56. The highest BCUT2D eigenvalue weighted by molar-refractivity contribution is 5.13. The number of hydrogen-bond donors (Lipinski definition) is 2. The number of nitrogens with one attached hydrogen (secondary N) is 2. The van der Waals surface area contributed by atoms with E-state index in [0.717, 1.165) is 26.2 Å². The lowest BCUT2D eigenvalue weighted by molar-refractivity contribution is 0.122. The van der Waals surface area contributed by atoms with Gasteiger partial charge in [-0.05, 0) is 17.9 Å². The summed E-state index contributed by atoms with van der Waals surface area (Å²) < 4.78 is 5.62. The van der Waals surface area contributed by atoms with Crippen LogP contribution >= 0.6 is 0 Å². The van der Waals surface area contributed by atoms with Crippen LogP contribution in [0.15, 0.2) is 30.3 Å². The molecule has 0 aliphatic carbocycles. The number of benzene rings is 1. The van der Waals surface area contributed by atoms with E-state index < -0.39 is 0 Å². The van der Waals surface area contributed by atoms with E-state index in [4.69, 9.17) is 4.74 Å². The van der Waals surface area contributed by atoms with Crippen molar-refractivity contribution in [1.82, 2.24) is 10.6 Å². The van der Waals surface area contributed by atoms with E-state index >= 15 is 0 Å². The van der Waals surface area contributed by atoms with E-state index in [1.165, 1.54) is 5.56 Å². The van der Waals surface area contributed by atoms with Gasteiger partial charge in [0.2, 0.25) is 0 Å². The fourth-order valence-corrected chi connectivity index (χ4v) is 1.72. The third kappa shape index (κ3) is 7.63. The summed E-state index contributed by atoms with van der Waals surface area (Å²) in [6.45, 7) is 13.3. The normalized spacial score (nSPS) is 13.4. The lowest BCUT2D eigenvalue weighted by Crippen LogP contribution is -2.41. The molecular weight excluding hydrogens is 248 g/mol. The van der Waals surface area contributed by atoms with Gasteiger partial charge in [-0.25, -0.2) is 0 Å². The molecule has 3 nitrogen and oxygen atoms in total. The Labute approximate surface area is 124 Å². The summed E-state index contributed by atoms with van der Waals surface area (Å²) in [7, 11) is 0. The molecule has 114 valence electrons. The minimum atomic E-state index is 0.318. The molecule has 1 atom stereocenters. The maximum atomic E-state index is 5.62. The summed E-state index contributed by atoms with van der Waals surface area (Å²) >= 11 is 0. The van der Waals surface area contributed by atoms with Gasteiger partial charge in [0.1, 0.15) is 0 Å². The van der Waals surface area contributed by atoms with Gasteiger partial charge in [0, 0.05) is 25.7 Å². The van der Waals surface area contributed by atoms with Crippen molar-refractivity contribution in [3.63, 3.8) is 0 Å². The SMILES string of the molecule is C[C@@H](NCCNCCOCc1ccccc1)C(C)(C)C. The summed E-state index contributed by atoms with van der Waals surface area (Å²) in [6, 6.07) is 10.8. The lowest BCUT2D eigenvalue weighted by atomic mass is 9.88. The molecule has 20 heavy (non-hydrogen) atoms. The van der Waals surface area contributed by atoms with Crippen LogP contribution in [0.5, 0.6) is 0 Å². The van der Waals surface area contributed by atoms with Crippen molar-refractivity contribution in [3.8, 4) is 0 Å². The molecule has 0 aliphatic rings. The van der Waals surface area contributed by atoms with Crippen molar-refractivity contribution < 1.29 is 4.74 Å². The molecule has 0 amide bonds. The van der Waals surface area contributed by atoms with Crippen molar-refractivity contribution in [1.29, 1.82) is 0 Å². The largest absolute Gasteiger partial charge is 0.375 e. The second kappa shape index (κ2) is 9.11. The highest BCUT2D eigenvalue weighted by Gasteiger charge is 2.18. The van der Waals surface area contributed by atoms with Crippen LogP contribution in [-0.2, 0) is 11.3 Å². The quantitative estimate of drug-likeness (QED) is 0.682. The maximum absolute atomic E-state index is 5.62. The predicted octanol–water partition coefficient (Wildman–Crippen LogP) is 2.82. The molecule has 0 aliphatic heterocycles. The zero-order chi connectivity index (χ0) is 14.8. The average molecular weight is 278 g/mol. The molecule has 0 saturated heterocycles.